The van der Waals surface area contributed by atoms with Crippen molar-refractivity contribution in [1.82, 2.24) is 0 Å². The summed E-state index contributed by atoms with van der Waals surface area (Å²) in [5.41, 5.74) is 1.98. The number of hydrogen-bond donors (Lipinski definition) is 2. The Balaban J connectivity index is 1.89. The minimum Gasteiger partial charge on any atom is -0.465 e. The normalized spacial score (nSPS) is 11.7. The van der Waals surface area contributed by atoms with Crippen LogP contribution in [-0.2, 0) is 16.1 Å². The second-order valence-electron chi connectivity index (χ2n) is 5.66. The van der Waals surface area contributed by atoms with Crippen LogP contribution < -0.4 is 10.2 Å². The fourth-order valence-electron chi connectivity index (χ4n) is 2.34. The van der Waals surface area contributed by atoms with Gasteiger partial charge in [-0.1, -0.05) is 29.3 Å². The van der Waals surface area contributed by atoms with Crippen LogP contribution in [0.15, 0.2) is 42.5 Å². The van der Waals surface area contributed by atoms with Crippen molar-refractivity contribution in [2.45, 2.75) is 6.54 Å². The van der Waals surface area contributed by atoms with Gasteiger partial charge in [-0.05, 0) is 36.4 Å². The first kappa shape index (κ1) is 19.2. The van der Waals surface area contributed by atoms with Gasteiger partial charge in [0.15, 0.2) is 6.54 Å². The molecule has 25 heavy (non-hydrogen) atoms. The number of rotatable bonds is 6. The van der Waals surface area contributed by atoms with Crippen molar-refractivity contribution in [2.24, 2.45) is 0 Å². The van der Waals surface area contributed by atoms with Gasteiger partial charge < -0.3 is 15.0 Å². The SMILES string of the molecule is COC(=O)c1ccc(NC(=O)C[NH+](C)Cc2ccc(Cl)cc2Cl)cc1. The van der Waals surface area contributed by atoms with Crippen molar-refractivity contribution < 1.29 is 19.2 Å². The number of likely N-dealkylation sites (N-methyl/N-ethyl adjacent to an activating group) is 1. The highest BCUT2D eigenvalue weighted by Gasteiger charge is 2.13. The predicted molar refractivity (Wildman–Crippen MR) is 98.3 cm³/mol. The van der Waals surface area contributed by atoms with E-state index in [0.29, 0.717) is 27.8 Å². The van der Waals surface area contributed by atoms with E-state index in [4.69, 9.17) is 23.2 Å². The average Bonchev–Trinajstić information content (AvgIpc) is 2.57. The van der Waals surface area contributed by atoms with Gasteiger partial charge in [0.05, 0.1) is 24.7 Å². The lowest BCUT2D eigenvalue weighted by Gasteiger charge is -2.15. The van der Waals surface area contributed by atoms with Crippen molar-refractivity contribution in [1.29, 1.82) is 0 Å². The molecule has 2 aromatic rings. The van der Waals surface area contributed by atoms with Crippen LogP contribution in [0.2, 0.25) is 10.0 Å². The molecule has 0 aliphatic carbocycles. The van der Waals surface area contributed by atoms with Crippen LogP contribution in [0, 0.1) is 0 Å². The summed E-state index contributed by atoms with van der Waals surface area (Å²) >= 11 is 12.0. The van der Waals surface area contributed by atoms with Crippen molar-refractivity contribution >= 4 is 40.8 Å². The number of esters is 1. The minimum absolute atomic E-state index is 0.131. The number of carbonyl (C=O) groups excluding carboxylic acids is 2. The highest BCUT2D eigenvalue weighted by molar-refractivity contribution is 6.35. The summed E-state index contributed by atoms with van der Waals surface area (Å²) in [6.45, 7) is 0.877. The molecule has 2 N–H and O–H groups in total. The van der Waals surface area contributed by atoms with Gasteiger partial charge in [0.1, 0.15) is 6.54 Å². The summed E-state index contributed by atoms with van der Waals surface area (Å²) in [4.78, 5) is 24.5. The molecule has 0 saturated carbocycles. The summed E-state index contributed by atoms with van der Waals surface area (Å²) in [6, 6.07) is 11.9. The van der Waals surface area contributed by atoms with Crippen LogP contribution >= 0.6 is 23.2 Å². The zero-order valence-electron chi connectivity index (χ0n) is 13.9. The molecule has 2 aromatic carbocycles. The maximum Gasteiger partial charge on any atom is 0.337 e. The highest BCUT2D eigenvalue weighted by atomic mass is 35.5. The Bertz CT molecular complexity index is 763. The van der Waals surface area contributed by atoms with E-state index >= 15 is 0 Å². The van der Waals surface area contributed by atoms with E-state index in [9.17, 15) is 9.59 Å². The summed E-state index contributed by atoms with van der Waals surface area (Å²) in [5, 5.41) is 3.97. The molecular formula is C18H19Cl2N2O3+. The molecule has 0 heterocycles. The Labute approximate surface area is 156 Å². The van der Waals surface area contributed by atoms with Crippen molar-refractivity contribution in [3.05, 3.63) is 63.6 Å². The summed E-state index contributed by atoms with van der Waals surface area (Å²) in [7, 11) is 3.23. The molecule has 0 fully saturated rings. The van der Waals surface area contributed by atoms with Crippen LogP contribution in [0.5, 0.6) is 0 Å². The standard InChI is InChI=1S/C18H18Cl2N2O3/c1-22(10-13-3-6-14(19)9-16(13)20)11-17(23)21-15-7-4-12(5-8-15)18(24)25-2/h3-9H,10-11H2,1-2H3,(H,21,23)/p+1. The summed E-state index contributed by atoms with van der Waals surface area (Å²) in [6.07, 6.45) is 0. The lowest BCUT2D eigenvalue weighted by Crippen LogP contribution is -3.08. The second kappa shape index (κ2) is 8.85. The lowest BCUT2D eigenvalue weighted by atomic mass is 10.2. The Kier molecular flexibility index (Phi) is 6.82. The fourth-order valence-corrected chi connectivity index (χ4v) is 2.81. The van der Waals surface area contributed by atoms with Crippen LogP contribution in [0.25, 0.3) is 0 Å². The molecule has 5 nitrogen and oxygen atoms in total. The lowest BCUT2D eigenvalue weighted by molar-refractivity contribution is -0.885. The number of quaternary nitrogens is 1. The number of ether oxygens (including phenoxy) is 1. The first-order chi connectivity index (χ1) is 11.9. The zero-order valence-corrected chi connectivity index (χ0v) is 15.4. The molecular weight excluding hydrogens is 363 g/mol. The average molecular weight is 382 g/mol. The quantitative estimate of drug-likeness (QED) is 0.755. The van der Waals surface area contributed by atoms with Gasteiger partial charge >= 0.3 is 5.97 Å². The number of carbonyl (C=O) groups is 2. The van der Waals surface area contributed by atoms with E-state index in [0.717, 1.165) is 10.5 Å². The van der Waals surface area contributed by atoms with Crippen LogP contribution in [0.3, 0.4) is 0 Å². The third kappa shape index (κ3) is 5.74. The Morgan fingerprint density at radius 2 is 1.80 bits per heavy atom. The van der Waals surface area contributed by atoms with Crippen molar-refractivity contribution in [2.75, 3.05) is 26.0 Å². The number of methoxy groups -OCH3 is 1. The number of benzene rings is 2. The third-order valence-electron chi connectivity index (χ3n) is 3.56. The highest BCUT2D eigenvalue weighted by Crippen LogP contribution is 2.20. The largest absolute Gasteiger partial charge is 0.465 e. The van der Waals surface area contributed by atoms with E-state index in [1.54, 1.807) is 36.4 Å². The van der Waals surface area contributed by atoms with Gasteiger partial charge in [-0.25, -0.2) is 4.79 Å². The van der Waals surface area contributed by atoms with Gasteiger partial charge in [0.2, 0.25) is 0 Å². The fraction of sp³-hybridized carbons (Fsp3) is 0.222. The zero-order chi connectivity index (χ0) is 18.4. The summed E-state index contributed by atoms with van der Waals surface area (Å²) in [5.74, 6) is -0.546. The molecule has 1 amide bonds. The molecule has 0 spiro atoms. The molecule has 7 heteroatoms. The van der Waals surface area contributed by atoms with Gasteiger partial charge in [-0.15, -0.1) is 0 Å². The second-order valence-corrected chi connectivity index (χ2v) is 6.51. The van der Waals surface area contributed by atoms with Crippen LogP contribution in [0.4, 0.5) is 5.69 Å². The first-order valence-corrected chi connectivity index (χ1v) is 8.38. The Morgan fingerprint density at radius 1 is 1.12 bits per heavy atom. The van der Waals surface area contributed by atoms with Crippen LogP contribution in [-0.4, -0.2) is 32.6 Å². The summed E-state index contributed by atoms with van der Waals surface area (Å²) < 4.78 is 4.63. The number of nitrogens with one attached hydrogen (secondary N) is 2. The molecule has 0 saturated heterocycles. The number of halogens is 2. The maximum absolute atomic E-state index is 12.1. The maximum atomic E-state index is 12.1. The van der Waals surface area contributed by atoms with Crippen LogP contribution in [0.1, 0.15) is 15.9 Å². The molecule has 1 unspecified atom stereocenters. The predicted octanol–water partition coefficient (Wildman–Crippen LogP) is 2.43. The van der Waals surface area contributed by atoms with E-state index in [-0.39, 0.29) is 12.5 Å². The van der Waals surface area contributed by atoms with Crippen molar-refractivity contribution in [3.8, 4) is 0 Å². The molecule has 0 radical (unpaired) electrons. The number of amides is 1. The Hall–Kier alpha value is -2.08. The first-order valence-electron chi connectivity index (χ1n) is 7.62. The minimum atomic E-state index is -0.415. The smallest absolute Gasteiger partial charge is 0.337 e. The molecule has 2 rings (SSSR count). The molecule has 1 atom stereocenters. The van der Waals surface area contributed by atoms with Gasteiger partial charge in [0.25, 0.3) is 5.91 Å². The third-order valence-corrected chi connectivity index (χ3v) is 4.15. The van der Waals surface area contributed by atoms with E-state index < -0.39 is 5.97 Å². The molecule has 132 valence electrons. The van der Waals surface area contributed by atoms with E-state index in [1.165, 1.54) is 7.11 Å². The topological polar surface area (TPSA) is 59.8 Å². The van der Waals surface area contributed by atoms with Gasteiger partial charge in [-0.2, -0.15) is 0 Å². The van der Waals surface area contributed by atoms with Gasteiger partial charge in [0, 0.05) is 16.3 Å². The molecule has 0 aliphatic heterocycles. The van der Waals surface area contributed by atoms with E-state index in [1.807, 2.05) is 13.1 Å². The monoisotopic (exact) mass is 381 g/mol. The van der Waals surface area contributed by atoms with Crippen molar-refractivity contribution in [3.63, 3.8) is 0 Å². The number of hydrogen-bond acceptors (Lipinski definition) is 3. The molecule has 0 aromatic heterocycles. The van der Waals surface area contributed by atoms with Gasteiger partial charge in [-0.3, -0.25) is 4.79 Å². The Morgan fingerprint density at radius 3 is 2.40 bits per heavy atom. The molecule has 0 aliphatic rings. The number of anilines is 1. The van der Waals surface area contributed by atoms with E-state index in [2.05, 4.69) is 10.1 Å². The molecule has 0 bridgehead atoms.